The number of para-hydroxylation sites is 2. The van der Waals surface area contributed by atoms with E-state index in [4.69, 9.17) is 14.0 Å². The maximum Gasteiger partial charge on any atom is 0.311 e. The molecule has 6 heteroatoms. The maximum absolute atomic E-state index is 15.3. The third-order valence-electron chi connectivity index (χ3n) is 8.19. The number of hydrogen-bond acceptors (Lipinski definition) is 4. The van der Waals surface area contributed by atoms with Crippen LogP contribution < -0.4 is 24.6 Å². The summed E-state index contributed by atoms with van der Waals surface area (Å²) in [6.07, 6.45) is 0. The van der Waals surface area contributed by atoms with Crippen LogP contribution in [0.1, 0.15) is 26.3 Å². The van der Waals surface area contributed by atoms with Gasteiger partial charge in [0, 0.05) is 22.7 Å². The molecule has 1 aromatic heterocycles. The van der Waals surface area contributed by atoms with E-state index in [2.05, 4.69) is 61.7 Å². The minimum atomic E-state index is -3.67. The minimum absolute atomic E-state index is 0.0379. The van der Waals surface area contributed by atoms with E-state index in [0.717, 1.165) is 38.6 Å². The van der Waals surface area contributed by atoms with Crippen molar-refractivity contribution >= 4 is 39.8 Å². The molecule has 2 heterocycles. The van der Waals surface area contributed by atoms with Crippen LogP contribution in [0.25, 0.3) is 38.6 Å². The van der Waals surface area contributed by atoms with Crippen LogP contribution in [-0.2, 0) is 9.98 Å². The van der Waals surface area contributed by atoms with Gasteiger partial charge in [-0.3, -0.25) is 4.57 Å². The molecule has 42 heavy (non-hydrogen) atoms. The number of benzene rings is 5. The molecule has 1 atom stereocenters. The summed E-state index contributed by atoms with van der Waals surface area (Å²) in [5, 5.41) is 2.92. The Kier molecular flexibility index (Phi) is 6.00. The highest BCUT2D eigenvalue weighted by Gasteiger charge is 2.41. The monoisotopic (exact) mass is 573 g/mol. The molecule has 0 aliphatic carbocycles. The van der Waals surface area contributed by atoms with Gasteiger partial charge in [-0.2, -0.15) is 0 Å². The lowest BCUT2D eigenvalue weighted by molar-refractivity contribution is 0.411. The number of aromatic nitrogens is 1. The second-order valence-electron chi connectivity index (χ2n) is 11.7. The summed E-state index contributed by atoms with van der Waals surface area (Å²) in [6, 6.07) is 34.2. The number of fused-ring (bicyclic) bond motifs is 6. The van der Waals surface area contributed by atoms with Crippen LogP contribution >= 0.6 is 7.37 Å². The van der Waals surface area contributed by atoms with Gasteiger partial charge in [0.05, 0.1) is 35.7 Å². The van der Waals surface area contributed by atoms with E-state index >= 15 is 4.57 Å². The molecule has 0 radical (unpaired) electrons. The van der Waals surface area contributed by atoms with Crippen LogP contribution in [0.5, 0.6) is 17.2 Å². The number of methoxy groups -OCH3 is 2. The first-order chi connectivity index (χ1) is 20.3. The molecule has 0 fully saturated rings. The van der Waals surface area contributed by atoms with Crippen LogP contribution in [0.15, 0.2) is 103 Å². The first kappa shape index (κ1) is 26.4. The van der Waals surface area contributed by atoms with Crippen molar-refractivity contribution in [3.05, 3.63) is 109 Å². The van der Waals surface area contributed by atoms with Gasteiger partial charge in [-0.05, 0) is 46.9 Å². The topological polar surface area (TPSA) is 49.7 Å². The van der Waals surface area contributed by atoms with Crippen LogP contribution in [0.2, 0.25) is 0 Å². The van der Waals surface area contributed by atoms with E-state index in [-0.39, 0.29) is 5.41 Å². The molecule has 0 saturated heterocycles. The highest BCUT2D eigenvalue weighted by Crippen LogP contribution is 2.57. The van der Waals surface area contributed by atoms with E-state index in [9.17, 15) is 0 Å². The smallest absolute Gasteiger partial charge is 0.311 e. The van der Waals surface area contributed by atoms with Crippen molar-refractivity contribution in [2.24, 2.45) is 0 Å². The van der Waals surface area contributed by atoms with E-state index in [0.29, 0.717) is 27.9 Å². The van der Waals surface area contributed by atoms with Gasteiger partial charge in [0.2, 0.25) is 0 Å². The van der Waals surface area contributed by atoms with E-state index in [1.807, 2.05) is 66.7 Å². The maximum atomic E-state index is 15.3. The fourth-order valence-corrected chi connectivity index (χ4v) is 8.59. The molecule has 0 spiro atoms. The average Bonchev–Trinajstić information content (AvgIpc) is 3.35. The predicted octanol–water partition coefficient (Wildman–Crippen LogP) is 8.39. The summed E-state index contributed by atoms with van der Waals surface area (Å²) in [5.74, 6) is 1.69. The molecule has 5 aromatic carbocycles. The molecule has 5 nitrogen and oxygen atoms in total. The second-order valence-corrected chi connectivity index (χ2v) is 13.9. The lowest BCUT2D eigenvalue weighted by Gasteiger charge is -2.30. The van der Waals surface area contributed by atoms with Gasteiger partial charge in [-0.1, -0.05) is 87.5 Å². The summed E-state index contributed by atoms with van der Waals surface area (Å²) in [7, 11) is -0.388. The fourth-order valence-electron chi connectivity index (χ4n) is 6.14. The van der Waals surface area contributed by atoms with Gasteiger partial charge in [0.25, 0.3) is 0 Å². The van der Waals surface area contributed by atoms with Crippen LogP contribution in [0.4, 0.5) is 0 Å². The number of ether oxygens (including phenoxy) is 2. The predicted molar refractivity (Wildman–Crippen MR) is 172 cm³/mol. The molecule has 0 amide bonds. The quantitative estimate of drug-likeness (QED) is 0.199. The van der Waals surface area contributed by atoms with Gasteiger partial charge in [-0.15, -0.1) is 0 Å². The Morgan fingerprint density at radius 2 is 1.40 bits per heavy atom. The van der Waals surface area contributed by atoms with E-state index < -0.39 is 7.37 Å². The molecular formula is C36H32NO4P. The molecule has 1 aliphatic heterocycles. The Morgan fingerprint density at radius 3 is 2.12 bits per heavy atom. The first-order valence-corrected chi connectivity index (χ1v) is 15.7. The third-order valence-corrected chi connectivity index (χ3v) is 10.6. The number of rotatable bonds is 4. The molecule has 0 N–H and O–H groups in total. The Balaban J connectivity index is 1.56. The van der Waals surface area contributed by atoms with Gasteiger partial charge in [-0.25, -0.2) is 0 Å². The lowest BCUT2D eigenvalue weighted by Crippen LogP contribution is -2.26. The second kappa shape index (κ2) is 9.54. The van der Waals surface area contributed by atoms with E-state index in [1.165, 1.54) is 5.56 Å². The molecule has 210 valence electrons. The van der Waals surface area contributed by atoms with Gasteiger partial charge < -0.3 is 18.6 Å². The van der Waals surface area contributed by atoms with Gasteiger partial charge in [0.15, 0.2) is 0 Å². The standard InChI is InChI=1S/C36H32NO4P/c1-36(2,3)23-18-20-24(21-19-23)37-28-15-9-6-14-27(28)33-34(37)30(39-4)22-32(35(33)40-5)42(38)31-17-11-8-13-26(31)25-12-7-10-16-29(25)41-42/h6-22H,1-5H3. The summed E-state index contributed by atoms with van der Waals surface area (Å²) in [4.78, 5) is 0. The fraction of sp³-hybridized carbons (Fsp3) is 0.167. The van der Waals surface area contributed by atoms with Crippen LogP contribution in [0.3, 0.4) is 0 Å². The zero-order valence-corrected chi connectivity index (χ0v) is 25.2. The summed E-state index contributed by atoms with van der Waals surface area (Å²) >= 11 is 0. The van der Waals surface area contributed by atoms with Crippen molar-refractivity contribution in [2.75, 3.05) is 14.2 Å². The SMILES string of the molecule is COc1c(P2(=O)Oc3ccccc3-c3ccccc32)cc(OC)c2c1c1ccccc1n2-c1ccc(C(C)(C)C)cc1. The van der Waals surface area contributed by atoms with Gasteiger partial charge >= 0.3 is 7.37 Å². The average molecular weight is 574 g/mol. The third kappa shape index (κ3) is 3.80. The minimum Gasteiger partial charge on any atom is -0.495 e. The molecule has 1 unspecified atom stereocenters. The van der Waals surface area contributed by atoms with Crippen LogP contribution in [-0.4, -0.2) is 18.8 Å². The normalized spacial score (nSPS) is 16.1. The van der Waals surface area contributed by atoms with Crippen LogP contribution in [0, 0.1) is 0 Å². The molecule has 0 bridgehead atoms. The van der Waals surface area contributed by atoms with Crippen molar-refractivity contribution in [3.8, 4) is 34.1 Å². The zero-order chi connectivity index (χ0) is 29.2. The molecule has 6 aromatic rings. The van der Waals surface area contributed by atoms with Crippen molar-refractivity contribution in [2.45, 2.75) is 26.2 Å². The lowest BCUT2D eigenvalue weighted by atomic mass is 9.87. The molecular weight excluding hydrogens is 541 g/mol. The highest BCUT2D eigenvalue weighted by molar-refractivity contribution is 7.75. The Bertz CT molecular complexity index is 2050. The van der Waals surface area contributed by atoms with E-state index in [1.54, 1.807) is 14.2 Å². The number of hydrogen-bond donors (Lipinski definition) is 0. The first-order valence-electron chi connectivity index (χ1n) is 14.0. The van der Waals surface area contributed by atoms with Crippen molar-refractivity contribution in [1.29, 1.82) is 0 Å². The zero-order valence-electron chi connectivity index (χ0n) is 24.3. The number of nitrogens with zero attached hydrogens (tertiary/aromatic N) is 1. The summed E-state index contributed by atoms with van der Waals surface area (Å²) in [5.41, 5.74) is 5.95. The molecule has 0 saturated carbocycles. The Morgan fingerprint density at radius 1 is 0.738 bits per heavy atom. The largest absolute Gasteiger partial charge is 0.495 e. The van der Waals surface area contributed by atoms with Gasteiger partial charge in [0.1, 0.15) is 22.8 Å². The Hall–Kier alpha value is -4.47. The van der Waals surface area contributed by atoms with Crippen molar-refractivity contribution < 1.29 is 18.6 Å². The Labute approximate surface area is 245 Å². The van der Waals surface area contributed by atoms with Crippen molar-refractivity contribution in [1.82, 2.24) is 4.57 Å². The summed E-state index contributed by atoms with van der Waals surface area (Å²) in [6.45, 7) is 6.64. The highest BCUT2D eigenvalue weighted by atomic mass is 31.2. The van der Waals surface area contributed by atoms with Crippen molar-refractivity contribution in [3.63, 3.8) is 0 Å². The molecule has 7 rings (SSSR count). The summed E-state index contributed by atoms with van der Waals surface area (Å²) < 4.78 is 36.2. The molecule has 1 aliphatic rings.